The lowest BCUT2D eigenvalue weighted by Gasteiger charge is -2.30. The molecule has 15 heavy (non-hydrogen) atoms. The van der Waals surface area contributed by atoms with Gasteiger partial charge in [-0.2, -0.15) is 0 Å². The average Bonchev–Trinajstić information content (AvgIpc) is 2.71. The van der Waals surface area contributed by atoms with E-state index in [1.807, 2.05) is 11.6 Å². The zero-order valence-corrected chi connectivity index (χ0v) is 9.24. The number of hydrogen-bond donors (Lipinski definition) is 1. The van der Waals surface area contributed by atoms with Crippen LogP contribution in [0.3, 0.4) is 0 Å². The van der Waals surface area contributed by atoms with Gasteiger partial charge in [0.15, 0.2) is 5.13 Å². The first-order chi connectivity index (χ1) is 7.25. The predicted octanol–water partition coefficient (Wildman–Crippen LogP) is 1.83. The van der Waals surface area contributed by atoms with Gasteiger partial charge in [-0.15, -0.1) is 11.3 Å². The molecule has 82 valence electrons. The first-order valence-electron chi connectivity index (χ1n) is 5.12. The normalized spacial score (nSPS) is 18.0. The zero-order chi connectivity index (χ0) is 10.7. The summed E-state index contributed by atoms with van der Waals surface area (Å²) in [6.07, 6.45) is 4.05. The van der Waals surface area contributed by atoms with Crippen molar-refractivity contribution in [2.75, 3.05) is 18.0 Å². The van der Waals surface area contributed by atoms with Gasteiger partial charge in [-0.3, -0.25) is 4.79 Å². The van der Waals surface area contributed by atoms with Crippen molar-refractivity contribution < 1.29 is 9.90 Å². The number of rotatable bonds is 3. The highest BCUT2D eigenvalue weighted by molar-refractivity contribution is 7.13. The van der Waals surface area contributed by atoms with E-state index < -0.39 is 5.97 Å². The summed E-state index contributed by atoms with van der Waals surface area (Å²) in [6, 6.07) is 0. The highest BCUT2D eigenvalue weighted by Gasteiger charge is 2.22. The maximum absolute atomic E-state index is 10.6. The SMILES string of the molecule is O=C(O)CC1CCN(c2nccs2)CC1. The summed E-state index contributed by atoms with van der Waals surface area (Å²) in [5.41, 5.74) is 0. The fourth-order valence-electron chi connectivity index (χ4n) is 1.95. The number of aliphatic carboxylic acids is 1. The van der Waals surface area contributed by atoms with Crippen LogP contribution >= 0.6 is 11.3 Å². The second-order valence-corrected chi connectivity index (χ2v) is 4.72. The molecule has 0 radical (unpaired) electrons. The quantitative estimate of drug-likeness (QED) is 0.854. The van der Waals surface area contributed by atoms with E-state index in [2.05, 4.69) is 9.88 Å². The molecule has 0 unspecified atom stereocenters. The van der Waals surface area contributed by atoms with Crippen molar-refractivity contribution in [2.45, 2.75) is 19.3 Å². The van der Waals surface area contributed by atoms with E-state index in [4.69, 9.17) is 5.11 Å². The van der Waals surface area contributed by atoms with Crippen LogP contribution in [0.5, 0.6) is 0 Å². The summed E-state index contributed by atoms with van der Waals surface area (Å²) in [7, 11) is 0. The van der Waals surface area contributed by atoms with E-state index in [1.54, 1.807) is 11.3 Å². The van der Waals surface area contributed by atoms with E-state index in [1.165, 1.54) is 0 Å². The number of carboxylic acids is 1. The Kier molecular flexibility index (Phi) is 3.20. The molecule has 0 atom stereocenters. The van der Waals surface area contributed by atoms with Crippen LogP contribution in [0.25, 0.3) is 0 Å². The molecule has 0 bridgehead atoms. The van der Waals surface area contributed by atoms with Gasteiger partial charge in [-0.05, 0) is 18.8 Å². The highest BCUT2D eigenvalue weighted by atomic mass is 32.1. The Morgan fingerprint density at radius 3 is 2.87 bits per heavy atom. The Balaban J connectivity index is 1.84. The van der Waals surface area contributed by atoms with Crippen molar-refractivity contribution in [2.24, 2.45) is 5.92 Å². The number of hydrogen-bond acceptors (Lipinski definition) is 4. The number of aromatic nitrogens is 1. The Bertz CT molecular complexity index is 318. The minimum atomic E-state index is -0.678. The number of piperidine rings is 1. The first kappa shape index (κ1) is 10.4. The molecule has 4 nitrogen and oxygen atoms in total. The summed E-state index contributed by atoms with van der Waals surface area (Å²) in [4.78, 5) is 17.0. The number of thiazole rings is 1. The standard InChI is InChI=1S/C10H14N2O2S/c13-9(14)7-8-1-4-12(5-2-8)10-11-3-6-15-10/h3,6,8H,1-2,4-5,7H2,(H,13,14). The van der Waals surface area contributed by atoms with Crippen molar-refractivity contribution in [1.82, 2.24) is 4.98 Å². The summed E-state index contributed by atoms with van der Waals surface area (Å²) < 4.78 is 0. The van der Waals surface area contributed by atoms with Crippen molar-refractivity contribution in [3.63, 3.8) is 0 Å². The Morgan fingerprint density at radius 1 is 1.60 bits per heavy atom. The Morgan fingerprint density at radius 2 is 2.33 bits per heavy atom. The molecular weight excluding hydrogens is 212 g/mol. The first-order valence-corrected chi connectivity index (χ1v) is 6.00. The van der Waals surface area contributed by atoms with E-state index in [-0.39, 0.29) is 0 Å². The molecule has 1 N–H and O–H groups in total. The van der Waals surface area contributed by atoms with E-state index in [0.717, 1.165) is 31.1 Å². The fraction of sp³-hybridized carbons (Fsp3) is 0.600. The summed E-state index contributed by atoms with van der Waals surface area (Å²) >= 11 is 1.64. The van der Waals surface area contributed by atoms with Gasteiger partial charge in [0, 0.05) is 31.1 Å². The molecule has 2 heterocycles. The molecular formula is C10H14N2O2S. The monoisotopic (exact) mass is 226 g/mol. The summed E-state index contributed by atoms with van der Waals surface area (Å²) in [5, 5.41) is 11.7. The van der Waals surface area contributed by atoms with Crippen LogP contribution in [0, 0.1) is 5.92 Å². The molecule has 0 aliphatic carbocycles. The maximum Gasteiger partial charge on any atom is 0.303 e. The lowest BCUT2D eigenvalue weighted by Crippen LogP contribution is -2.34. The topological polar surface area (TPSA) is 53.4 Å². The molecule has 1 saturated heterocycles. The smallest absolute Gasteiger partial charge is 0.303 e. The van der Waals surface area contributed by atoms with Crippen molar-refractivity contribution in [3.05, 3.63) is 11.6 Å². The van der Waals surface area contributed by atoms with Crippen molar-refractivity contribution >= 4 is 22.4 Å². The third-order valence-corrected chi connectivity index (χ3v) is 3.60. The second kappa shape index (κ2) is 4.61. The number of nitrogens with zero attached hydrogens (tertiary/aromatic N) is 2. The van der Waals surface area contributed by atoms with Gasteiger partial charge in [0.25, 0.3) is 0 Å². The van der Waals surface area contributed by atoms with Crippen molar-refractivity contribution in [1.29, 1.82) is 0 Å². The Hall–Kier alpha value is -1.10. The van der Waals surface area contributed by atoms with Crippen molar-refractivity contribution in [3.8, 4) is 0 Å². The minimum absolute atomic E-state index is 0.311. The van der Waals surface area contributed by atoms with Crippen LogP contribution in [0.4, 0.5) is 5.13 Å². The van der Waals surface area contributed by atoms with Crippen LogP contribution < -0.4 is 4.90 Å². The molecule has 1 fully saturated rings. The summed E-state index contributed by atoms with van der Waals surface area (Å²) in [6.45, 7) is 1.87. The van der Waals surface area contributed by atoms with Gasteiger partial charge < -0.3 is 10.0 Å². The third-order valence-electron chi connectivity index (χ3n) is 2.77. The molecule has 0 spiro atoms. The van der Waals surface area contributed by atoms with Gasteiger partial charge in [-0.25, -0.2) is 4.98 Å². The minimum Gasteiger partial charge on any atom is -0.481 e. The third kappa shape index (κ3) is 2.68. The maximum atomic E-state index is 10.6. The van der Waals surface area contributed by atoms with E-state index >= 15 is 0 Å². The van der Waals surface area contributed by atoms with E-state index in [0.29, 0.717) is 12.3 Å². The number of anilines is 1. The van der Waals surface area contributed by atoms with E-state index in [9.17, 15) is 4.79 Å². The highest BCUT2D eigenvalue weighted by Crippen LogP contribution is 2.26. The Labute approximate surface area is 92.6 Å². The van der Waals surface area contributed by atoms with Crippen LogP contribution in [0.1, 0.15) is 19.3 Å². The molecule has 2 rings (SSSR count). The number of carboxylic acid groups (broad SMARTS) is 1. The van der Waals surface area contributed by atoms with Crippen LogP contribution in [0.15, 0.2) is 11.6 Å². The van der Waals surface area contributed by atoms with Crippen LogP contribution in [-0.2, 0) is 4.79 Å². The number of carbonyl (C=O) groups is 1. The predicted molar refractivity (Wildman–Crippen MR) is 59.3 cm³/mol. The molecule has 1 aliphatic heterocycles. The molecule has 0 aromatic carbocycles. The molecule has 5 heteroatoms. The zero-order valence-electron chi connectivity index (χ0n) is 8.43. The molecule has 0 amide bonds. The van der Waals surface area contributed by atoms with Gasteiger partial charge in [-0.1, -0.05) is 0 Å². The van der Waals surface area contributed by atoms with Gasteiger partial charge >= 0.3 is 5.97 Å². The fourth-order valence-corrected chi connectivity index (χ4v) is 2.64. The van der Waals surface area contributed by atoms with Crippen LogP contribution in [-0.4, -0.2) is 29.1 Å². The lowest BCUT2D eigenvalue weighted by molar-refractivity contribution is -0.138. The molecule has 1 aliphatic rings. The second-order valence-electron chi connectivity index (χ2n) is 3.84. The van der Waals surface area contributed by atoms with Gasteiger partial charge in [0.2, 0.25) is 0 Å². The molecule has 0 saturated carbocycles. The average molecular weight is 226 g/mol. The largest absolute Gasteiger partial charge is 0.481 e. The molecule has 1 aromatic rings. The van der Waals surface area contributed by atoms with Gasteiger partial charge in [0.1, 0.15) is 0 Å². The summed E-state index contributed by atoms with van der Waals surface area (Å²) in [5.74, 6) is -0.332. The van der Waals surface area contributed by atoms with Crippen LogP contribution in [0.2, 0.25) is 0 Å². The lowest BCUT2D eigenvalue weighted by atomic mass is 9.94. The molecule has 1 aromatic heterocycles. The van der Waals surface area contributed by atoms with Gasteiger partial charge in [0.05, 0.1) is 0 Å².